The van der Waals surface area contributed by atoms with Gasteiger partial charge < -0.3 is 25.7 Å². The molecule has 0 aromatic rings. The number of allylic oxidation sites excluding steroid dienone is 6. The highest BCUT2D eigenvalue weighted by Crippen LogP contribution is 2.15. The molecule has 0 aromatic carbocycles. The van der Waals surface area contributed by atoms with Crippen LogP contribution in [0.4, 0.5) is 0 Å². The number of hydrogen-bond donors (Lipinski definition) is 5. The third-order valence-corrected chi connectivity index (χ3v) is 9.31. The summed E-state index contributed by atoms with van der Waals surface area (Å²) in [4.78, 5) is 12.5. The first kappa shape index (κ1) is 46.5. The summed E-state index contributed by atoms with van der Waals surface area (Å²) in [5, 5.41) is 43.5. The highest BCUT2D eigenvalue weighted by Gasteiger charge is 2.28. The van der Waals surface area contributed by atoms with Crippen molar-refractivity contribution in [3.8, 4) is 0 Å². The van der Waals surface area contributed by atoms with Gasteiger partial charge in [-0.15, -0.1) is 0 Å². The summed E-state index contributed by atoms with van der Waals surface area (Å²) in [6.45, 7) is 3.99. The van der Waals surface area contributed by atoms with Gasteiger partial charge >= 0.3 is 0 Å². The molecule has 4 atom stereocenters. The van der Waals surface area contributed by atoms with E-state index in [0.717, 1.165) is 51.4 Å². The lowest BCUT2D eigenvalue weighted by Gasteiger charge is -2.27. The van der Waals surface area contributed by atoms with Gasteiger partial charge in [-0.05, 0) is 64.2 Å². The molecule has 0 aliphatic heterocycles. The van der Waals surface area contributed by atoms with Crippen molar-refractivity contribution in [1.29, 1.82) is 0 Å². The SMILES string of the molecule is CCCCC/C=C/CC/C=C/CC/C=C/CCCC(O)C(O)C(CO)NC(=O)C(O)CCCCCCCCCCCCCCCCCC. The third-order valence-electron chi connectivity index (χ3n) is 9.31. The largest absolute Gasteiger partial charge is 0.394 e. The van der Waals surface area contributed by atoms with Crippen molar-refractivity contribution in [3.63, 3.8) is 0 Å². The maximum absolute atomic E-state index is 12.5. The standard InChI is InChI=1S/C42H79NO5/c1-3-5-7-9-11-13-15-17-19-21-23-25-27-29-31-33-35-39(45)41(47)38(37-44)43-42(48)40(46)36-34-32-30-28-26-24-22-20-18-16-14-12-10-8-6-4-2/h11,13,19,21,27,29,38-41,44-47H,3-10,12,14-18,20,22-26,28,30-37H2,1-2H3,(H,43,48)/b13-11+,21-19+,29-27+. The van der Waals surface area contributed by atoms with Crippen LogP contribution in [0.15, 0.2) is 36.5 Å². The fraction of sp³-hybridized carbons (Fsp3) is 0.833. The fourth-order valence-electron chi connectivity index (χ4n) is 6.02. The monoisotopic (exact) mass is 678 g/mol. The van der Waals surface area contributed by atoms with Gasteiger partial charge in [-0.2, -0.15) is 0 Å². The van der Waals surface area contributed by atoms with Crippen molar-refractivity contribution >= 4 is 5.91 Å². The minimum atomic E-state index is -1.29. The number of amides is 1. The van der Waals surface area contributed by atoms with Gasteiger partial charge in [0.1, 0.15) is 12.2 Å². The van der Waals surface area contributed by atoms with Crippen molar-refractivity contribution < 1.29 is 25.2 Å². The number of carbonyl (C=O) groups is 1. The van der Waals surface area contributed by atoms with Crippen LogP contribution in [0.25, 0.3) is 0 Å². The third kappa shape index (κ3) is 30.6. The predicted molar refractivity (Wildman–Crippen MR) is 205 cm³/mol. The minimum Gasteiger partial charge on any atom is -0.394 e. The number of hydrogen-bond acceptors (Lipinski definition) is 5. The molecular formula is C42H79NO5. The Labute approximate surface area is 297 Å². The van der Waals surface area contributed by atoms with Gasteiger partial charge in [0.25, 0.3) is 0 Å². The highest BCUT2D eigenvalue weighted by molar-refractivity contribution is 5.80. The minimum absolute atomic E-state index is 0.361. The maximum Gasteiger partial charge on any atom is 0.249 e. The average molecular weight is 678 g/mol. The van der Waals surface area contributed by atoms with Crippen molar-refractivity contribution in [1.82, 2.24) is 5.32 Å². The van der Waals surface area contributed by atoms with Crippen molar-refractivity contribution in [2.24, 2.45) is 0 Å². The van der Waals surface area contributed by atoms with Gasteiger partial charge in [0, 0.05) is 0 Å². The van der Waals surface area contributed by atoms with Gasteiger partial charge in [-0.25, -0.2) is 0 Å². The molecule has 0 heterocycles. The van der Waals surface area contributed by atoms with Gasteiger partial charge in [-0.3, -0.25) is 4.79 Å². The Morgan fingerprint density at radius 3 is 1.31 bits per heavy atom. The van der Waals surface area contributed by atoms with Gasteiger partial charge in [0.15, 0.2) is 0 Å². The lowest BCUT2D eigenvalue weighted by atomic mass is 10.00. The summed E-state index contributed by atoms with van der Waals surface area (Å²) in [7, 11) is 0. The molecule has 6 nitrogen and oxygen atoms in total. The van der Waals surface area contributed by atoms with Gasteiger partial charge in [-0.1, -0.05) is 166 Å². The molecule has 5 N–H and O–H groups in total. The summed E-state index contributed by atoms with van der Waals surface area (Å²) in [5.74, 6) is -0.600. The molecule has 0 aliphatic rings. The molecule has 0 aromatic heterocycles. The molecule has 1 amide bonds. The van der Waals surface area contributed by atoms with Crippen LogP contribution < -0.4 is 5.32 Å². The molecule has 0 aliphatic carbocycles. The molecule has 0 radical (unpaired) electrons. The Hall–Kier alpha value is -1.47. The zero-order valence-corrected chi connectivity index (χ0v) is 31.5. The Bertz CT molecular complexity index is 767. The number of nitrogens with one attached hydrogen (secondary N) is 1. The first-order valence-corrected chi connectivity index (χ1v) is 20.4. The topological polar surface area (TPSA) is 110 Å². The van der Waals surface area contributed by atoms with Crippen LogP contribution in [-0.2, 0) is 4.79 Å². The first-order valence-electron chi connectivity index (χ1n) is 20.4. The number of aliphatic hydroxyl groups excluding tert-OH is 4. The summed E-state index contributed by atoms with van der Waals surface area (Å²) in [6.07, 6.45) is 41.6. The van der Waals surface area contributed by atoms with E-state index in [0.29, 0.717) is 19.3 Å². The zero-order valence-electron chi connectivity index (χ0n) is 31.5. The van der Waals surface area contributed by atoms with Crippen molar-refractivity contribution in [2.45, 2.75) is 218 Å². The average Bonchev–Trinajstić information content (AvgIpc) is 3.09. The van der Waals surface area contributed by atoms with Crippen LogP contribution in [-0.4, -0.2) is 57.3 Å². The van der Waals surface area contributed by atoms with Gasteiger partial charge in [0.05, 0.1) is 18.8 Å². The van der Waals surface area contributed by atoms with Crippen molar-refractivity contribution in [3.05, 3.63) is 36.5 Å². The van der Waals surface area contributed by atoms with Gasteiger partial charge in [0.2, 0.25) is 5.91 Å². The number of aliphatic hydroxyl groups is 4. The summed E-state index contributed by atoms with van der Waals surface area (Å²) in [5.41, 5.74) is 0. The molecule has 48 heavy (non-hydrogen) atoms. The molecule has 0 spiro atoms. The van der Waals surface area contributed by atoms with Crippen LogP contribution in [0.5, 0.6) is 0 Å². The van der Waals surface area contributed by atoms with E-state index in [1.807, 2.05) is 0 Å². The molecule has 0 bridgehead atoms. The Balaban J connectivity index is 3.85. The quantitative estimate of drug-likeness (QED) is 0.0335. The predicted octanol–water partition coefficient (Wildman–Crippen LogP) is 10.2. The number of carbonyl (C=O) groups excluding carboxylic acids is 1. The Morgan fingerprint density at radius 2 is 0.875 bits per heavy atom. The maximum atomic E-state index is 12.5. The first-order chi connectivity index (χ1) is 23.5. The van der Waals surface area contributed by atoms with E-state index < -0.39 is 36.9 Å². The Kier molecular flexibility index (Phi) is 35.7. The van der Waals surface area contributed by atoms with E-state index in [4.69, 9.17) is 0 Å². The lowest BCUT2D eigenvalue weighted by molar-refractivity contribution is -0.132. The van der Waals surface area contributed by atoms with Crippen LogP contribution in [0, 0.1) is 0 Å². The molecule has 4 unspecified atom stereocenters. The number of rotatable bonds is 36. The normalized spacial score (nSPS) is 14.7. The summed E-state index contributed by atoms with van der Waals surface area (Å²) < 4.78 is 0. The number of unbranched alkanes of at least 4 members (excludes halogenated alkanes) is 21. The molecule has 282 valence electrons. The zero-order chi connectivity index (χ0) is 35.3. The second-order valence-corrected chi connectivity index (χ2v) is 14.0. The summed E-state index contributed by atoms with van der Waals surface area (Å²) in [6, 6.07) is -1.01. The highest BCUT2D eigenvalue weighted by atomic mass is 16.3. The Morgan fingerprint density at radius 1 is 0.500 bits per heavy atom. The van der Waals surface area contributed by atoms with Crippen LogP contribution in [0.1, 0.15) is 194 Å². The second-order valence-electron chi connectivity index (χ2n) is 14.0. The van der Waals surface area contributed by atoms with Crippen LogP contribution in [0.2, 0.25) is 0 Å². The van der Waals surface area contributed by atoms with E-state index in [9.17, 15) is 25.2 Å². The van der Waals surface area contributed by atoms with E-state index >= 15 is 0 Å². The molecule has 0 rings (SSSR count). The fourth-order valence-corrected chi connectivity index (χ4v) is 6.02. The molecule has 0 fully saturated rings. The van der Waals surface area contributed by atoms with E-state index in [2.05, 4.69) is 55.6 Å². The molecule has 0 saturated heterocycles. The molecule has 6 heteroatoms. The van der Waals surface area contributed by atoms with Crippen LogP contribution >= 0.6 is 0 Å². The van der Waals surface area contributed by atoms with Crippen LogP contribution in [0.3, 0.4) is 0 Å². The van der Waals surface area contributed by atoms with E-state index in [1.165, 1.54) is 109 Å². The lowest BCUT2D eigenvalue weighted by Crippen LogP contribution is -2.53. The summed E-state index contributed by atoms with van der Waals surface area (Å²) >= 11 is 0. The van der Waals surface area contributed by atoms with E-state index in [-0.39, 0.29) is 0 Å². The smallest absolute Gasteiger partial charge is 0.249 e. The van der Waals surface area contributed by atoms with Crippen molar-refractivity contribution in [2.75, 3.05) is 6.61 Å². The molecular weight excluding hydrogens is 598 g/mol. The molecule has 0 saturated carbocycles. The second kappa shape index (κ2) is 36.8. The van der Waals surface area contributed by atoms with E-state index in [1.54, 1.807) is 0 Å².